The molecule has 6 nitrogen and oxygen atoms in total. The Kier molecular flexibility index (Phi) is 6.82. The van der Waals surface area contributed by atoms with Gasteiger partial charge in [0.05, 0.1) is 12.2 Å². The van der Waals surface area contributed by atoms with E-state index >= 15 is 0 Å². The van der Waals surface area contributed by atoms with Gasteiger partial charge in [-0.3, -0.25) is 4.99 Å². The molecule has 1 unspecified atom stereocenters. The predicted molar refractivity (Wildman–Crippen MR) is 99.3 cm³/mol. The van der Waals surface area contributed by atoms with Gasteiger partial charge in [0.1, 0.15) is 29.8 Å². The highest BCUT2D eigenvalue weighted by Gasteiger charge is 2.57. The molecule has 0 bridgehead atoms. The number of benzene rings is 1. The summed E-state index contributed by atoms with van der Waals surface area (Å²) in [5, 5.41) is 21.0. The lowest BCUT2D eigenvalue weighted by atomic mass is 9.94. The lowest BCUT2D eigenvalue weighted by Gasteiger charge is -2.41. The molecule has 2 aliphatic heterocycles. The Balaban J connectivity index is 1.74. The molecule has 1 aromatic rings. The SMILES string of the molecule is CN(C)C1=N[C@@H]2[C@@H](O)[C@H](O)C([C@@H](OCc3ccc(C(F)(F)F)cc3)C(F)(F)F)O[C@@H]2S1. The maximum absolute atomic E-state index is 13.7. The van der Waals surface area contributed by atoms with Gasteiger partial charge in [-0.25, -0.2) is 0 Å². The first-order valence-corrected chi connectivity index (χ1v) is 9.95. The number of alkyl halides is 6. The van der Waals surface area contributed by atoms with Gasteiger partial charge in [0, 0.05) is 14.1 Å². The van der Waals surface area contributed by atoms with Crippen molar-refractivity contribution in [1.82, 2.24) is 4.90 Å². The molecule has 2 N–H and O–H groups in total. The molecule has 0 spiro atoms. The number of ether oxygens (including phenoxy) is 2. The monoisotopic (exact) mass is 474 g/mol. The summed E-state index contributed by atoms with van der Waals surface area (Å²) in [4.78, 5) is 5.78. The van der Waals surface area contributed by atoms with Crippen LogP contribution in [0.3, 0.4) is 0 Å². The minimum atomic E-state index is -4.97. The number of hydrogen-bond acceptors (Lipinski definition) is 7. The van der Waals surface area contributed by atoms with Gasteiger partial charge in [-0.15, -0.1) is 0 Å². The number of aliphatic hydroxyl groups excluding tert-OH is 2. The van der Waals surface area contributed by atoms with Crippen LogP contribution in [-0.2, 0) is 22.3 Å². The number of aliphatic imine (C=N–C) groups is 1. The lowest BCUT2D eigenvalue weighted by molar-refractivity contribution is -0.286. The van der Waals surface area contributed by atoms with Crippen LogP contribution < -0.4 is 0 Å². The molecular formula is C18H20F6N2O4S. The highest BCUT2D eigenvalue weighted by atomic mass is 32.2. The van der Waals surface area contributed by atoms with Crippen molar-refractivity contribution in [3.8, 4) is 0 Å². The van der Waals surface area contributed by atoms with Crippen molar-refractivity contribution >= 4 is 16.9 Å². The van der Waals surface area contributed by atoms with E-state index in [2.05, 4.69) is 4.99 Å². The molecule has 3 rings (SSSR count). The van der Waals surface area contributed by atoms with Crippen molar-refractivity contribution in [2.24, 2.45) is 4.99 Å². The van der Waals surface area contributed by atoms with E-state index in [-0.39, 0.29) is 5.56 Å². The first kappa shape index (κ1) is 24.1. The molecule has 0 aromatic heterocycles. The van der Waals surface area contributed by atoms with Gasteiger partial charge < -0.3 is 24.6 Å². The van der Waals surface area contributed by atoms with Crippen LogP contribution in [0.4, 0.5) is 26.3 Å². The fourth-order valence-electron chi connectivity index (χ4n) is 3.19. The number of halogens is 6. The average molecular weight is 474 g/mol. The Labute approximate surface area is 177 Å². The number of fused-ring (bicyclic) bond motifs is 1. The van der Waals surface area contributed by atoms with Crippen LogP contribution in [0, 0.1) is 0 Å². The van der Waals surface area contributed by atoms with Gasteiger partial charge in [-0.1, -0.05) is 23.9 Å². The first-order valence-electron chi connectivity index (χ1n) is 9.07. The van der Waals surface area contributed by atoms with Crippen molar-refractivity contribution in [2.45, 2.75) is 54.9 Å². The molecule has 6 atom stereocenters. The molecule has 0 aliphatic carbocycles. The number of aliphatic hydroxyl groups is 2. The minimum absolute atomic E-state index is 0.0689. The van der Waals surface area contributed by atoms with Crippen LogP contribution in [0.25, 0.3) is 0 Å². The zero-order valence-electron chi connectivity index (χ0n) is 16.3. The summed E-state index contributed by atoms with van der Waals surface area (Å²) < 4.78 is 89.3. The summed E-state index contributed by atoms with van der Waals surface area (Å²) in [6, 6.07) is 2.53. The molecule has 2 heterocycles. The van der Waals surface area contributed by atoms with Gasteiger partial charge in [0.2, 0.25) is 0 Å². The fraction of sp³-hybridized carbons (Fsp3) is 0.611. The van der Waals surface area contributed by atoms with Crippen LogP contribution in [0.5, 0.6) is 0 Å². The van der Waals surface area contributed by atoms with Crippen molar-refractivity contribution < 1.29 is 46.0 Å². The van der Waals surface area contributed by atoms with E-state index in [1.165, 1.54) is 0 Å². The third kappa shape index (κ3) is 5.28. The highest BCUT2D eigenvalue weighted by molar-refractivity contribution is 8.14. The average Bonchev–Trinajstić information content (AvgIpc) is 3.09. The zero-order valence-corrected chi connectivity index (χ0v) is 17.1. The Morgan fingerprint density at radius 2 is 1.71 bits per heavy atom. The van der Waals surface area contributed by atoms with Crippen molar-refractivity contribution in [2.75, 3.05) is 14.1 Å². The zero-order chi connectivity index (χ0) is 23.1. The van der Waals surface area contributed by atoms with E-state index in [1.807, 2.05) is 0 Å². The molecule has 13 heteroatoms. The number of hydrogen-bond donors (Lipinski definition) is 2. The standard InChI is InChI=1S/C18H20F6N2O4S/c1-26(2)16-25-10-11(27)12(28)13(30-15(10)31-16)14(18(22,23)24)29-7-8-3-5-9(6-4-8)17(19,20)21/h3-6,10-15,27-28H,7H2,1-2H3/t10-,11-,12+,13?,14-,15-/m1/s1. The fourth-order valence-corrected chi connectivity index (χ4v) is 4.34. The Morgan fingerprint density at radius 3 is 2.23 bits per heavy atom. The first-order chi connectivity index (χ1) is 14.3. The number of nitrogens with zero attached hydrogens (tertiary/aromatic N) is 2. The van der Waals surface area contributed by atoms with Gasteiger partial charge in [-0.2, -0.15) is 26.3 Å². The summed E-state index contributed by atoms with van der Waals surface area (Å²) in [5.41, 5.74) is -1.83. The molecule has 1 aromatic carbocycles. The maximum Gasteiger partial charge on any atom is 0.417 e. The normalized spacial score (nSPS) is 30.0. The van der Waals surface area contributed by atoms with E-state index in [9.17, 15) is 36.6 Å². The van der Waals surface area contributed by atoms with Crippen LogP contribution in [0.15, 0.2) is 29.3 Å². The highest BCUT2D eigenvalue weighted by Crippen LogP contribution is 2.41. The molecule has 1 fully saturated rings. The predicted octanol–water partition coefficient (Wildman–Crippen LogP) is 2.63. The molecular weight excluding hydrogens is 454 g/mol. The van der Waals surface area contributed by atoms with Crippen LogP contribution in [0.2, 0.25) is 0 Å². The van der Waals surface area contributed by atoms with E-state index in [1.54, 1.807) is 19.0 Å². The largest absolute Gasteiger partial charge is 0.417 e. The molecule has 1 saturated heterocycles. The lowest BCUT2D eigenvalue weighted by Crippen LogP contribution is -2.61. The maximum atomic E-state index is 13.7. The van der Waals surface area contributed by atoms with Crippen molar-refractivity contribution in [3.05, 3.63) is 35.4 Å². The summed E-state index contributed by atoms with van der Waals surface area (Å²) in [7, 11) is 3.32. The number of amidine groups is 1. The van der Waals surface area contributed by atoms with E-state index in [0.29, 0.717) is 5.17 Å². The van der Waals surface area contributed by atoms with Gasteiger partial charge in [0.15, 0.2) is 11.3 Å². The molecule has 174 valence electrons. The Morgan fingerprint density at radius 1 is 1.10 bits per heavy atom. The Bertz CT molecular complexity index is 802. The molecule has 0 amide bonds. The second-order valence-electron chi connectivity index (χ2n) is 7.33. The number of rotatable bonds is 4. The van der Waals surface area contributed by atoms with Crippen LogP contribution in [-0.4, -0.2) is 76.4 Å². The van der Waals surface area contributed by atoms with Gasteiger partial charge in [0.25, 0.3) is 0 Å². The van der Waals surface area contributed by atoms with Crippen molar-refractivity contribution in [1.29, 1.82) is 0 Å². The summed E-state index contributed by atoms with van der Waals surface area (Å²) in [6.07, 6.45) is -17.7. The van der Waals surface area contributed by atoms with E-state index < -0.39 is 60.4 Å². The summed E-state index contributed by atoms with van der Waals surface area (Å²) in [5.74, 6) is 0. The topological polar surface area (TPSA) is 74.5 Å². The van der Waals surface area contributed by atoms with E-state index in [4.69, 9.17) is 9.47 Å². The van der Waals surface area contributed by atoms with Crippen LogP contribution >= 0.6 is 11.8 Å². The third-order valence-electron chi connectivity index (χ3n) is 4.80. The van der Waals surface area contributed by atoms with Crippen molar-refractivity contribution in [3.63, 3.8) is 0 Å². The smallest absolute Gasteiger partial charge is 0.388 e. The molecule has 0 radical (unpaired) electrons. The molecule has 31 heavy (non-hydrogen) atoms. The Hall–Kier alpha value is -1.54. The van der Waals surface area contributed by atoms with E-state index in [0.717, 1.165) is 36.0 Å². The van der Waals surface area contributed by atoms with Gasteiger partial charge >= 0.3 is 12.4 Å². The minimum Gasteiger partial charge on any atom is -0.388 e. The third-order valence-corrected chi connectivity index (χ3v) is 6.11. The summed E-state index contributed by atoms with van der Waals surface area (Å²) in [6.45, 7) is -0.675. The molecule has 0 saturated carbocycles. The second kappa shape index (κ2) is 8.77. The summed E-state index contributed by atoms with van der Waals surface area (Å²) >= 11 is 1.01. The van der Waals surface area contributed by atoms with Gasteiger partial charge in [-0.05, 0) is 17.7 Å². The van der Waals surface area contributed by atoms with Crippen LogP contribution in [0.1, 0.15) is 11.1 Å². The second-order valence-corrected chi connectivity index (χ2v) is 8.40. The number of thioether (sulfide) groups is 1. The molecule has 2 aliphatic rings. The quantitative estimate of drug-likeness (QED) is 0.654.